The number of nitrogens with one attached hydrogen (secondary N) is 1. The van der Waals surface area contributed by atoms with Gasteiger partial charge in [-0.05, 0) is 39.3 Å². The number of carbonyl (C=O) groups is 1. The second-order valence-electron chi connectivity index (χ2n) is 5.64. The maximum Gasteiger partial charge on any atom is 0.318 e. The van der Waals surface area contributed by atoms with Crippen LogP contribution >= 0.6 is 0 Å². The van der Waals surface area contributed by atoms with Gasteiger partial charge in [0.25, 0.3) is 0 Å². The summed E-state index contributed by atoms with van der Waals surface area (Å²) in [5, 5.41) is 2.92. The van der Waals surface area contributed by atoms with Crippen LogP contribution in [-0.2, 0) is 0 Å². The summed E-state index contributed by atoms with van der Waals surface area (Å²) in [6.45, 7) is 7.14. The third-order valence-electron chi connectivity index (χ3n) is 3.12. The van der Waals surface area contributed by atoms with Crippen LogP contribution in [0.1, 0.15) is 37.8 Å². The van der Waals surface area contributed by atoms with Gasteiger partial charge in [-0.2, -0.15) is 0 Å². The second kappa shape index (κ2) is 4.65. The monoisotopic (exact) mass is 251 g/mol. The fraction of sp³-hybridized carbons (Fsp3) is 0.615. The van der Waals surface area contributed by atoms with Crippen LogP contribution in [0.2, 0.25) is 0 Å². The Balaban J connectivity index is 1.95. The Morgan fingerprint density at radius 2 is 2.28 bits per heavy atom. The fourth-order valence-corrected chi connectivity index (χ4v) is 2.01. The van der Waals surface area contributed by atoms with Crippen molar-refractivity contribution in [2.75, 3.05) is 13.1 Å². The van der Waals surface area contributed by atoms with Crippen LogP contribution in [0.25, 0.3) is 0 Å². The molecule has 0 aliphatic carbocycles. The van der Waals surface area contributed by atoms with Gasteiger partial charge in [-0.15, -0.1) is 0 Å². The van der Waals surface area contributed by atoms with E-state index in [1.54, 1.807) is 4.90 Å². The molecule has 1 aliphatic rings. The molecule has 1 aromatic heterocycles. The third kappa shape index (κ3) is 3.04. The number of urea groups is 1. The van der Waals surface area contributed by atoms with Crippen LogP contribution in [0.4, 0.5) is 4.79 Å². The van der Waals surface area contributed by atoms with Gasteiger partial charge in [-0.1, -0.05) is 0 Å². The molecule has 2 rings (SSSR count). The van der Waals surface area contributed by atoms with Crippen molar-refractivity contribution in [1.82, 2.24) is 10.2 Å². The van der Waals surface area contributed by atoms with E-state index in [2.05, 4.69) is 5.32 Å². The predicted octanol–water partition coefficient (Wildman–Crippen LogP) is 1.78. The minimum Gasteiger partial charge on any atom is -0.464 e. The van der Waals surface area contributed by atoms with Gasteiger partial charge in [0.2, 0.25) is 0 Å². The first-order valence-electron chi connectivity index (χ1n) is 6.26. The average molecular weight is 251 g/mol. The number of aryl methyl sites for hydroxylation is 1. The lowest BCUT2D eigenvalue weighted by Gasteiger charge is -2.22. The number of nitrogens with zero attached hydrogens (tertiary/aromatic N) is 1. The summed E-state index contributed by atoms with van der Waals surface area (Å²) in [7, 11) is 0. The van der Waals surface area contributed by atoms with E-state index in [9.17, 15) is 4.79 Å². The number of hydrogen-bond donors (Lipinski definition) is 2. The van der Waals surface area contributed by atoms with Gasteiger partial charge >= 0.3 is 6.03 Å². The largest absolute Gasteiger partial charge is 0.464 e. The van der Waals surface area contributed by atoms with Crippen LogP contribution in [0.5, 0.6) is 0 Å². The van der Waals surface area contributed by atoms with E-state index >= 15 is 0 Å². The molecule has 0 saturated carbocycles. The number of carbonyl (C=O) groups excluding carboxylic acids is 1. The molecule has 0 radical (unpaired) electrons. The Hall–Kier alpha value is -1.49. The first kappa shape index (κ1) is 13.0. The van der Waals surface area contributed by atoms with E-state index in [0.29, 0.717) is 13.1 Å². The molecule has 2 amide bonds. The van der Waals surface area contributed by atoms with Crippen molar-refractivity contribution in [3.8, 4) is 0 Å². The van der Waals surface area contributed by atoms with Crippen molar-refractivity contribution < 1.29 is 9.21 Å². The van der Waals surface area contributed by atoms with Gasteiger partial charge in [-0.3, -0.25) is 0 Å². The Kier molecular flexibility index (Phi) is 3.34. The second-order valence-corrected chi connectivity index (χ2v) is 5.64. The summed E-state index contributed by atoms with van der Waals surface area (Å²) in [5.74, 6) is 1.68. The molecule has 1 aliphatic heterocycles. The molecule has 0 aromatic carbocycles. The highest BCUT2D eigenvalue weighted by Crippen LogP contribution is 2.22. The zero-order chi connectivity index (χ0) is 13.3. The Morgan fingerprint density at radius 1 is 1.56 bits per heavy atom. The molecule has 18 heavy (non-hydrogen) atoms. The van der Waals surface area contributed by atoms with E-state index in [4.69, 9.17) is 10.2 Å². The number of rotatable bonds is 4. The lowest BCUT2D eigenvalue weighted by molar-refractivity contribution is 0.213. The first-order valence-corrected chi connectivity index (χ1v) is 6.26. The number of amides is 2. The lowest BCUT2D eigenvalue weighted by atomic mass is 10.0. The van der Waals surface area contributed by atoms with Crippen LogP contribution in [0.15, 0.2) is 16.5 Å². The molecule has 0 bridgehead atoms. The molecule has 5 heteroatoms. The van der Waals surface area contributed by atoms with Crippen LogP contribution in [-0.4, -0.2) is 29.6 Å². The van der Waals surface area contributed by atoms with Crippen molar-refractivity contribution in [2.45, 2.75) is 38.8 Å². The average Bonchev–Trinajstić information content (AvgIpc) is 2.81. The minimum atomic E-state index is -0.250. The topological polar surface area (TPSA) is 71.5 Å². The molecule has 1 fully saturated rings. The summed E-state index contributed by atoms with van der Waals surface area (Å²) in [6.07, 6.45) is 0.782. The smallest absolute Gasteiger partial charge is 0.318 e. The van der Waals surface area contributed by atoms with Crippen LogP contribution in [0.3, 0.4) is 0 Å². The van der Waals surface area contributed by atoms with Gasteiger partial charge in [0, 0.05) is 18.6 Å². The Bertz CT molecular complexity index is 434. The summed E-state index contributed by atoms with van der Waals surface area (Å²) in [6, 6.07) is 3.73. The SMILES string of the molecule is Cc1ccc(C2CN(CCC(C)(C)N)C(=O)N2)o1. The highest BCUT2D eigenvalue weighted by atomic mass is 16.3. The third-order valence-corrected chi connectivity index (χ3v) is 3.12. The molecule has 5 nitrogen and oxygen atoms in total. The van der Waals surface area contributed by atoms with Gasteiger partial charge < -0.3 is 20.4 Å². The normalized spacial score (nSPS) is 20.3. The Morgan fingerprint density at radius 3 is 2.83 bits per heavy atom. The zero-order valence-corrected chi connectivity index (χ0v) is 11.2. The molecule has 1 atom stereocenters. The predicted molar refractivity (Wildman–Crippen MR) is 69.2 cm³/mol. The molecule has 1 saturated heterocycles. The number of nitrogens with two attached hydrogens (primary N) is 1. The van der Waals surface area contributed by atoms with Gasteiger partial charge in [0.05, 0.1) is 0 Å². The number of furan rings is 1. The van der Waals surface area contributed by atoms with E-state index in [-0.39, 0.29) is 17.6 Å². The summed E-state index contributed by atoms with van der Waals surface area (Å²) < 4.78 is 5.54. The van der Waals surface area contributed by atoms with E-state index < -0.39 is 0 Å². The highest BCUT2D eigenvalue weighted by Gasteiger charge is 2.31. The van der Waals surface area contributed by atoms with E-state index in [1.807, 2.05) is 32.9 Å². The van der Waals surface area contributed by atoms with Crippen molar-refractivity contribution in [3.05, 3.63) is 23.7 Å². The van der Waals surface area contributed by atoms with E-state index in [0.717, 1.165) is 17.9 Å². The maximum atomic E-state index is 11.8. The summed E-state index contributed by atoms with van der Waals surface area (Å²) in [4.78, 5) is 13.6. The fourth-order valence-electron chi connectivity index (χ4n) is 2.01. The van der Waals surface area contributed by atoms with Crippen molar-refractivity contribution in [1.29, 1.82) is 0 Å². The minimum absolute atomic E-state index is 0.0432. The van der Waals surface area contributed by atoms with Gasteiger partial charge in [-0.25, -0.2) is 4.79 Å². The molecular formula is C13H21N3O2. The molecule has 2 heterocycles. The number of hydrogen-bond acceptors (Lipinski definition) is 3. The first-order chi connectivity index (χ1) is 8.35. The van der Waals surface area contributed by atoms with Gasteiger partial charge in [0.15, 0.2) is 0 Å². The van der Waals surface area contributed by atoms with Crippen molar-refractivity contribution >= 4 is 6.03 Å². The molecule has 3 N–H and O–H groups in total. The molecule has 1 aromatic rings. The molecule has 0 spiro atoms. The standard InChI is InChI=1S/C13H21N3O2/c1-9-4-5-11(18-9)10-8-16(12(17)15-10)7-6-13(2,3)14/h4-5,10H,6-8,14H2,1-3H3,(H,15,17). The quantitative estimate of drug-likeness (QED) is 0.856. The lowest BCUT2D eigenvalue weighted by Crippen LogP contribution is -2.38. The summed E-state index contributed by atoms with van der Waals surface area (Å²) >= 11 is 0. The van der Waals surface area contributed by atoms with Gasteiger partial charge in [0.1, 0.15) is 17.6 Å². The Labute approximate surface area is 107 Å². The van der Waals surface area contributed by atoms with E-state index in [1.165, 1.54) is 0 Å². The molecular weight excluding hydrogens is 230 g/mol. The molecule has 1 unspecified atom stereocenters. The molecule has 100 valence electrons. The zero-order valence-electron chi connectivity index (χ0n) is 11.2. The van der Waals surface area contributed by atoms with Crippen molar-refractivity contribution in [2.24, 2.45) is 5.73 Å². The van der Waals surface area contributed by atoms with Crippen molar-refractivity contribution in [3.63, 3.8) is 0 Å². The van der Waals surface area contributed by atoms with Crippen LogP contribution < -0.4 is 11.1 Å². The van der Waals surface area contributed by atoms with Crippen LogP contribution in [0, 0.1) is 6.92 Å². The summed E-state index contributed by atoms with van der Waals surface area (Å²) in [5.41, 5.74) is 5.68. The maximum absolute atomic E-state index is 11.8. The highest BCUT2D eigenvalue weighted by molar-refractivity contribution is 5.77.